The third-order valence-electron chi connectivity index (χ3n) is 7.00. The number of nitriles is 1. The lowest BCUT2D eigenvalue weighted by Gasteiger charge is -2.50. The van der Waals surface area contributed by atoms with Gasteiger partial charge in [-0.05, 0) is 43.2 Å². The molecular formula is C25H25ClFN5O2. The Morgan fingerprint density at radius 2 is 2.12 bits per heavy atom. The fourth-order valence-electron chi connectivity index (χ4n) is 5.30. The van der Waals surface area contributed by atoms with Gasteiger partial charge in [-0.25, -0.2) is 9.37 Å². The van der Waals surface area contributed by atoms with E-state index in [1.165, 1.54) is 10.6 Å². The van der Waals surface area contributed by atoms with Gasteiger partial charge in [-0.15, -0.1) is 0 Å². The van der Waals surface area contributed by atoms with E-state index in [0.29, 0.717) is 36.4 Å². The average Bonchev–Trinajstić information content (AvgIpc) is 2.84. The molecule has 3 aromatic rings. The standard InChI is InChI=1S/C25H25ClFN5O2/c1-4-20(15-5-7-18(26)19(27)9-15)31-12-17-13-34-24-23(32(17)11-14(31)2)22-21(30(3)25(24)33)8-6-16(10-28)29-22/h5-9,14,17,20H,4,11-13H2,1-3H3/t14-,17+,20?/m1/s1. The van der Waals surface area contributed by atoms with Crippen molar-refractivity contribution in [1.82, 2.24) is 14.5 Å². The third-order valence-corrected chi connectivity index (χ3v) is 7.31. The molecule has 2 aliphatic heterocycles. The molecule has 5 rings (SSSR count). The molecule has 0 amide bonds. The zero-order valence-electron chi connectivity index (χ0n) is 19.3. The summed E-state index contributed by atoms with van der Waals surface area (Å²) in [6.45, 7) is 5.91. The lowest BCUT2D eigenvalue weighted by Crippen LogP contribution is -2.61. The summed E-state index contributed by atoms with van der Waals surface area (Å²) in [4.78, 5) is 22.2. The summed E-state index contributed by atoms with van der Waals surface area (Å²) in [6.07, 6.45) is 0.812. The molecule has 2 aromatic heterocycles. The maximum Gasteiger partial charge on any atom is 0.295 e. The van der Waals surface area contributed by atoms with E-state index in [1.807, 2.05) is 6.07 Å². The Bertz CT molecular complexity index is 1380. The van der Waals surface area contributed by atoms with Crippen molar-refractivity contribution in [3.63, 3.8) is 0 Å². The number of rotatable bonds is 3. The molecule has 1 aromatic carbocycles. The molecule has 1 unspecified atom stereocenters. The molecule has 0 saturated carbocycles. The molecule has 1 fully saturated rings. The SMILES string of the molecule is CCC(c1ccc(Cl)c(F)c1)N1C[C@H]2COc3c(c4nc(C#N)ccc4n(C)c3=O)N2C[C@H]1C. The highest BCUT2D eigenvalue weighted by Gasteiger charge is 2.41. The van der Waals surface area contributed by atoms with Crippen molar-refractivity contribution < 1.29 is 9.13 Å². The number of halogens is 2. The van der Waals surface area contributed by atoms with Crippen LogP contribution >= 0.6 is 11.6 Å². The molecule has 7 nitrogen and oxygen atoms in total. The Kier molecular flexibility index (Phi) is 5.70. The topological polar surface area (TPSA) is 74.4 Å². The molecule has 0 spiro atoms. The smallest absolute Gasteiger partial charge is 0.295 e. The molecule has 0 radical (unpaired) electrons. The van der Waals surface area contributed by atoms with Gasteiger partial charge in [-0.1, -0.05) is 24.6 Å². The van der Waals surface area contributed by atoms with Crippen molar-refractivity contribution in [2.24, 2.45) is 7.05 Å². The van der Waals surface area contributed by atoms with Gasteiger partial charge in [-0.2, -0.15) is 5.26 Å². The first kappa shape index (κ1) is 22.6. The van der Waals surface area contributed by atoms with E-state index >= 15 is 0 Å². The summed E-state index contributed by atoms with van der Waals surface area (Å²) in [6, 6.07) is 10.6. The minimum atomic E-state index is -0.416. The molecule has 0 N–H and O–H groups in total. The molecule has 0 aliphatic carbocycles. The minimum Gasteiger partial charge on any atom is -0.484 e. The minimum absolute atomic E-state index is 0.0160. The van der Waals surface area contributed by atoms with Gasteiger partial charge in [0.25, 0.3) is 5.56 Å². The Balaban J connectivity index is 1.56. The highest BCUT2D eigenvalue weighted by molar-refractivity contribution is 6.30. The van der Waals surface area contributed by atoms with Gasteiger partial charge in [0.2, 0.25) is 5.75 Å². The number of pyridine rings is 2. The summed E-state index contributed by atoms with van der Waals surface area (Å²) in [5.74, 6) is -0.137. The summed E-state index contributed by atoms with van der Waals surface area (Å²) in [5.41, 5.74) is 2.87. The van der Waals surface area contributed by atoms with Crippen molar-refractivity contribution in [2.45, 2.75) is 38.4 Å². The first-order valence-corrected chi connectivity index (χ1v) is 11.8. The molecule has 176 valence electrons. The van der Waals surface area contributed by atoms with Gasteiger partial charge < -0.3 is 14.2 Å². The van der Waals surface area contributed by atoms with E-state index in [1.54, 1.807) is 25.2 Å². The summed E-state index contributed by atoms with van der Waals surface area (Å²) >= 11 is 5.91. The number of hydrogen-bond donors (Lipinski definition) is 0. The van der Waals surface area contributed by atoms with E-state index in [2.05, 4.69) is 34.7 Å². The number of benzene rings is 1. The predicted molar refractivity (Wildman–Crippen MR) is 129 cm³/mol. The molecule has 4 heterocycles. The van der Waals surface area contributed by atoms with Crippen molar-refractivity contribution in [3.05, 3.63) is 62.8 Å². The number of fused-ring (bicyclic) bond motifs is 5. The normalized spacial score (nSPS) is 20.9. The van der Waals surface area contributed by atoms with Crippen molar-refractivity contribution in [2.75, 3.05) is 24.6 Å². The monoisotopic (exact) mass is 481 g/mol. The van der Waals surface area contributed by atoms with Gasteiger partial charge in [-0.3, -0.25) is 9.69 Å². The van der Waals surface area contributed by atoms with Gasteiger partial charge in [0, 0.05) is 32.2 Å². The van der Waals surface area contributed by atoms with Crippen molar-refractivity contribution in [3.8, 4) is 11.8 Å². The van der Waals surface area contributed by atoms with Crippen LogP contribution in [0.5, 0.6) is 5.75 Å². The lowest BCUT2D eigenvalue weighted by molar-refractivity contribution is 0.0822. The molecule has 34 heavy (non-hydrogen) atoms. The van der Waals surface area contributed by atoms with E-state index in [-0.39, 0.29) is 40.2 Å². The predicted octanol–water partition coefficient (Wildman–Crippen LogP) is 4.02. The number of ether oxygens (including phenoxy) is 1. The average molecular weight is 482 g/mol. The highest BCUT2D eigenvalue weighted by atomic mass is 35.5. The quantitative estimate of drug-likeness (QED) is 0.562. The van der Waals surface area contributed by atoms with Crippen LogP contribution in [0.2, 0.25) is 5.02 Å². The van der Waals surface area contributed by atoms with Crippen LogP contribution in [0.15, 0.2) is 35.1 Å². The number of nitrogens with zero attached hydrogens (tertiary/aromatic N) is 5. The van der Waals surface area contributed by atoms with E-state index < -0.39 is 5.82 Å². The van der Waals surface area contributed by atoms with Crippen LogP contribution < -0.4 is 15.2 Å². The first-order chi connectivity index (χ1) is 16.3. The number of aryl methyl sites for hydroxylation is 1. The van der Waals surface area contributed by atoms with E-state index in [0.717, 1.165) is 12.0 Å². The van der Waals surface area contributed by atoms with Gasteiger partial charge in [0.15, 0.2) is 0 Å². The van der Waals surface area contributed by atoms with E-state index in [4.69, 9.17) is 16.3 Å². The summed E-state index contributed by atoms with van der Waals surface area (Å²) < 4.78 is 21.8. The summed E-state index contributed by atoms with van der Waals surface area (Å²) in [7, 11) is 1.69. The fourth-order valence-corrected chi connectivity index (χ4v) is 5.42. The first-order valence-electron chi connectivity index (χ1n) is 11.4. The number of piperazine rings is 1. The van der Waals surface area contributed by atoms with Crippen LogP contribution in [-0.4, -0.2) is 46.2 Å². The molecule has 1 saturated heterocycles. The zero-order chi connectivity index (χ0) is 24.1. The largest absolute Gasteiger partial charge is 0.484 e. The van der Waals surface area contributed by atoms with Crippen LogP contribution in [-0.2, 0) is 7.05 Å². The molecule has 0 bridgehead atoms. The van der Waals surface area contributed by atoms with Gasteiger partial charge >= 0.3 is 0 Å². The van der Waals surface area contributed by atoms with Crippen molar-refractivity contribution in [1.29, 1.82) is 5.26 Å². The van der Waals surface area contributed by atoms with E-state index in [9.17, 15) is 14.4 Å². The Morgan fingerprint density at radius 3 is 2.82 bits per heavy atom. The van der Waals surface area contributed by atoms with Crippen LogP contribution in [0.4, 0.5) is 10.1 Å². The number of aromatic nitrogens is 2. The maximum atomic E-state index is 14.2. The summed E-state index contributed by atoms with van der Waals surface area (Å²) in [5, 5.41) is 9.52. The fraction of sp³-hybridized carbons (Fsp3) is 0.400. The van der Waals surface area contributed by atoms with Crippen LogP contribution in [0.25, 0.3) is 11.0 Å². The third kappa shape index (κ3) is 3.51. The zero-order valence-corrected chi connectivity index (χ0v) is 20.0. The molecule has 3 atom stereocenters. The molecular weight excluding hydrogens is 457 g/mol. The van der Waals surface area contributed by atoms with Crippen LogP contribution in [0.1, 0.15) is 37.6 Å². The molecule has 2 aliphatic rings. The van der Waals surface area contributed by atoms with Crippen LogP contribution in [0.3, 0.4) is 0 Å². The lowest BCUT2D eigenvalue weighted by atomic mass is 9.96. The van der Waals surface area contributed by atoms with Gasteiger partial charge in [0.05, 0.1) is 16.6 Å². The number of anilines is 1. The second-order valence-corrected chi connectivity index (χ2v) is 9.39. The second kappa shape index (κ2) is 8.57. The second-order valence-electron chi connectivity index (χ2n) is 8.98. The Hall–Kier alpha value is -3.15. The van der Waals surface area contributed by atoms with Crippen LogP contribution in [0, 0.1) is 17.1 Å². The number of hydrogen-bond acceptors (Lipinski definition) is 6. The van der Waals surface area contributed by atoms with Gasteiger partial charge in [0.1, 0.15) is 35.4 Å². The van der Waals surface area contributed by atoms with Crippen molar-refractivity contribution >= 4 is 28.3 Å². The maximum absolute atomic E-state index is 14.2. The molecule has 9 heteroatoms. The highest BCUT2D eigenvalue weighted by Crippen LogP contribution is 2.40. The Labute approximate surface area is 201 Å². The Morgan fingerprint density at radius 1 is 1.32 bits per heavy atom.